The van der Waals surface area contributed by atoms with Gasteiger partial charge in [0.2, 0.25) is 0 Å². The first-order valence-electron chi connectivity index (χ1n) is 7.77. The molecule has 0 spiro atoms. The summed E-state index contributed by atoms with van der Waals surface area (Å²) in [5.74, 6) is -0.904. The molecule has 0 saturated heterocycles. The lowest BCUT2D eigenvalue weighted by Crippen LogP contribution is -2.56. The van der Waals surface area contributed by atoms with Gasteiger partial charge in [-0.3, -0.25) is 0 Å². The van der Waals surface area contributed by atoms with E-state index in [1.807, 2.05) is 0 Å². The second-order valence-electron chi connectivity index (χ2n) is 6.44. The standard InChI is InChI=1S/C15H29N3O3/c1-11(2)18(4)10-6-5-9-16-14(21)17-15(3,13(19)20)12-7-8-12/h11-12H,5-10H2,1-4H3,(H,19,20)(H2,16,17,21). The third-order valence-corrected chi connectivity index (χ3v) is 4.32. The number of hydrogen-bond acceptors (Lipinski definition) is 3. The van der Waals surface area contributed by atoms with E-state index in [0.29, 0.717) is 12.6 Å². The summed E-state index contributed by atoms with van der Waals surface area (Å²) in [7, 11) is 2.08. The van der Waals surface area contributed by atoms with Crippen molar-refractivity contribution in [2.45, 2.75) is 58.0 Å². The van der Waals surface area contributed by atoms with Crippen LogP contribution in [0.2, 0.25) is 0 Å². The fourth-order valence-corrected chi connectivity index (χ4v) is 2.22. The average molecular weight is 299 g/mol. The van der Waals surface area contributed by atoms with Crippen LogP contribution in [-0.4, -0.2) is 53.7 Å². The molecular formula is C15H29N3O3. The van der Waals surface area contributed by atoms with Gasteiger partial charge >= 0.3 is 12.0 Å². The molecule has 2 amide bonds. The van der Waals surface area contributed by atoms with E-state index in [1.54, 1.807) is 6.92 Å². The summed E-state index contributed by atoms with van der Waals surface area (Å²) < 4.78 is 0. The Morgan fingerprint density at radius 1 is 1.33 bits per heavy atom. The molecule has 21 heavy (non-hydrogen) atoms. The summed E-state index contributed by atoms with van der Waals surface area (Å²) in [6.07, 6.45) is 3.63. The van der Waals surface area contributed by atoms with Crippen LogP contribution in [-0.2, 0) is 4.79 Å². The van der Waals surface area contributed by atoms with Gasteiger partial charge in [0, 0.05) is 12.6 Å². The van der Waals surface area contributed by atoms with E-state index < -0.39 is 11.5 Å². The van der Waals surface area contributed by atoms with Crippen molar-refractivity contribution in [3.8, 4) is 0 Å². The molecular weight excluding hydrogens is 270 g/mol. The van der Waals surface area contributed by atoms with Gasteiger partial charge in [-0.2, -0.15) is 0 Å². The van der Waals surface area contributed by atoms with E-state index >= 15 is 0 Å². The Balaban J connectivity index is 2.20. The molecule has 122 valence electrons. The maximum absolute atomic E-state index is 11.8. The number of carbonyl (C=O) groups excluding carboxylic acids is 1. The Bertz CT molecular complexity index is 369. The lowest BCUT2D eigenvalue weighted by Gasteiger charge is -2.26. The molecule has 0 radical (unpaired) electrons. The number of hydrogen-bond donors (Lipinski definition) is 3. The van der Waals surface area contributed by atoms with Crippen LogP contribution in [0.1, 0.15) is 46.5 Å². The molecule has 1 rings (SSSR count). The molecule has 0 heterocycles. The van der Waals surface area contributed by atoms with Crippen LogP contribution in [0.4, 0.5) is 4.79 Å². The van der Waals surface area contributed by atoms with Gasteiger partial charge in [0.25, 0.3) is 0 Å². The fraction of sp³-hybridized carbons (Fsp3) is 0.867. The van der Waals surface area contributed by atoms with Gasteiger partial charge in [-0.05, 0) is 66.0 Å². The van der Waals surface area contributed by atoms with Crippen molar-refractivity contribution in [3.05, 3.63) is 0 Å². The van der Waals surface area contributed by atoms with Crippen molar-refractivity contribution >= 4 is 12.0 Å². The first-order chi connectivity index (χ1) is 9.77. The van der Waals surface area contributed by atoms with Gasteiger partial charge in [0.15, 0.2) is 0 Å². The molecule has 1 saturated carbocycles. The third-order valence-electron chi connectivity index (χ3n) is 4.32. The number of unbranched alkanes of at least 4 members (excludes halogenated alkanes) is 1. The molecule has 1 unspecified atom stereocenters. The van der Waals surface area contributed by atoms with Crippen molar-refractivity contribution in [2.75, 3.05) is 20.1 Å². The minimum absolute atomic E-state index is 0.0560. The van der Waals surface area contributed by atoms with E-state index in [1.165, 1.54) is 0 Å². The summed E-state index contributed by atoms with van der Waals surface area (Å²) in [5.41, 5.74) is -1.14. The van der Waals surface area contributed by atoms with E-state index in [-0.39, 0.29) is 11.9 Å². The van der Waals surface area contributed by atoms with Gasteiger partial charge < -0.3 is 20.6 Å². The predicted molar refractivity (Wildman–Crippen MR) is 82.3 cm³/mol. The van der Waals surface area contributed by atoms with Gasteiger partial charge in [0.05, 0.1) is 0 Å². The SMILES string of the molecule is CC(C)N(C)CCCCNC(=O)NC(C)(C(=O)O)C1CC1. The largest absolute Gasteiger partial charge is 0.480 e. The lowest BCUT2D eigenvalue weighted by molar-refractivity contribution is -0.144. The van der Waals surface area contributed by atoms with Crippen LogP contribution in [0, 0.1) is 5.92 Å². The molecule has 0 aliphatic heterocycles. The zero-order valence-corrected chi connectivity index (χ0v) is 13.6. The van der Waals surface area contributed by atoms with Gasteiger partial charge in [-0.25, -0.2) is 9.59 Å². The highest BCUT2D eigenvalue weighted by molar-refractivity contribution is 5.86. The number of carbonyl (C=O) groups is 2. The fourth-order valence-electron chi connectivity index (χ4n) is 2.22. The molecule has 6 nitrogen and oxygen atoms in total. The number of amides is 2. The van der Waals surface area contributed by atoms with Crippen molar-refractivity contribution in [1.82, 2.24) is 15.5 Å². The third kappa shape index (κ3) is 5.53. The minimum atomic E-state index is -1.14. The molecule has 0 aromatic rings. The number of nitrogens with zero attached hydrogens (tertiary/aromatic N) is 1. The Morgan fingerprint density at radius 3 is 2.43 bits per heavy atom. The normalized spacial score (nSPS) is 17.6. The topological polar surface area (TPSA) is 81.7 Å². The molecule has 6 heteroatoms. The smallest absolute Gasteiger partial charge is 0.329 e. The van der Waals surface area contributed by atoms with Gasteiger partial charge in [0.1, 0.15) is 5.54 Å². The molecule has 1 fully saturated rings. The highest BCUT2D eigenvalue weighted by Gasteiger charge is 2.48. The minimum Gasteiger partial charge on any atom is -0.480 e. The molecule has 1 aliphatic carbocycles. The number of carboxylic acid groups (broad SMARTS) is 1. The number of urea groups is 1. The van der Waals surface area contributed by atoms with E-state index in [4.69, 9.17) is 0 Å². The zero-order valence-electron chi connectivity index (χ0n) is 13.6. The molecule has 0 aromatic carbocycles. The maximum Gasteiger partial charge on any atom is 0.329 e. The number of rotatable bonds is 9. The quantitative estimate of drug-likeness (QED) is 0.566. The Kier molecular flexibility index (Phi) is 6.45. The summed E-state index contributed by atoms with van der Waals surface area (Å²) in [4.78, 5) is 25.4. The van der Waals surface area contributed by atoms with Crippen LogP contribution < -0.4 is 10.6 Å². The Hall–Kier alpha value is -1.30. The van der Waals surface area contributed by atoms with Gasteiger partial charge in [-0.1, -0.05) is 0 Å². The van der Waals surface area contributed by atoms with Crippen LogP contribution in [0.5, 0.6) is 0 Å². The monoisotopic (exact) mass is 299 g/mol. The molecule has 0 aromatic heterocycles. The van der Waals surface area contributed by atoms with Crippen LogP contribution in [0.25, 0.3) is 0 Å². The molecule has 1 aliphatic rings. The second-order valence-corrected chi connectivity index (χ2v) is 6.44. The Labute approximate surface area is 127 Å². The van der Waals surface area contributed by atoms with E-state index in [0.717, 1.165) is 32.2 Å². The van der Waals surface area contributed by atoms with Crippen LogP contribution >= 0.6 is 0 Å². The lowest BCUT2D eigenvalue weighted by atomic mass is 9.96. The summed E-state index contributed by atoms with van der Waals surface area (Å²) in [6, 6.07) is 0.139. The summed E-state index contributed by atoms with van der Waals surface area (Å²) in [5, 5.41) is 14.6. The van der Waals surface area contributed by atoms with E-state index in [2.05, 4.69) is 36.4 Å². The maximum atomic E-state index is 11.8. The van der Waals surface area contributed by atoms with E-state index in [9.17, 15) is 14.7 Å². The van der Waals surface area contributed by atoms with Crippen LogP contribution in [0.3, 0.4) is 0 Å². The highest BCUT2D eigenvalue weighted by atomic mass is 16.4. The van der Waals surface area contributed by atoms with Crippen molar-refractivity contribution in [1.29, 1.82) is 0 Å². The molecule has 0 bridgehead atoms. The van der Waals surface area contributed by atoms with Gasteiger partial charge in [-0.15, -0.1) is 0 Å². The number of carboxylic acids is 1. The average Bonchev–Trinajstić information content (AvgIpc) is 3.21. The summed E-state index contributed by atoms with van der Waals surface area (Å²) in [6.45, 7) is 7.45. The van der Waals surface area contributed by atoms with Crippen LogP contribution in [0.15, 0.2) is 0 Å². The molecule has 1 atom stereocenters. The number of nitrogens with one attached hydrogen (secondary N) is 2. The highest BCUT2D eigenvalue weighted by Crippen LogP contribution is 2.39. The first-order valence-corrected chi connectivity index (χ1v) is 7.77. The molecule has 3 N–H and O–H groups in total. The summed E-state index contributed by atoms with van der Waals surface area (Å²) >= 11 is 0. The predicted octanol–water partition coefficient (Wildman–Crippen LogP) is 1.66. The van der Waals surface area contributed by atoms with Crippen molar-refractivity contribution in [3.63, 3.8) is 0 Å². The Morgan fingerprint density at radius 2 is 1.95 bits per heavy atom. The second kappa shape index (κ2) is 7.64. The number of aliphatic carboxylic acids is 1. The first kappa shape index (κ1) is 17.8. The van der Waals surface area contributed by atoms with Crippen molar-refractivity contribution in [2.24, 2.45) is 5.92 Å². The zero-order chi connectivity index (χ0) is 16.0. The van der Waals surface area contributed by atoms with Crippen molar-refractivity contribution < 1.29 is 14.7 Å².